The fraction of sp³-hybridized carbons (Fsp3) is 0.188. The molecule has 108 valence electrons. The molecule has 0 aliphatic rings. The Hall–Kier alpha value is -1.85. The highest BCUT2D eigenvalue weighted by Crippen LogP contribution is 2.39. The predicted molar refractivity (Wildman–Crippen MR) is 88.7 cm³/mol. The lowest BCUT2D eigenvalue weighted by atomic mass is 10.1. The molecule has 0 N–H and O–H groups in total. The van der Waals surface area contributed by atoms with Crippen molar-refractivity contribution in [2.45, 2.75) is 6.92 Å². The van der Waals surface area contributed by atoms with Crippen molar-refractivity contribution < 1.29 is 9.47 Å². The lowest BCUT2D eigenvalue weighted by molar-refractivity contribution is 0.395. The second-order valence-electron chi connectivity index (χ2n) is 4.47. The van der Waals surface area contributed by atoms with E-state index in [9.17, 15) is 0 Å². The molecule has 0 amide bonds. The van der Waals surface area contributed by atoms with Crippen LogP contribution in [0.4, 0.5) is 0 Å². The topological polar surface area (TPSA) is 31.4 Å². The summed E-state index contributed by atoms with van der Waals surface area (Å²) in [4.78, 5) is 7.17. The van der Waals surface area contributed by atoms with Crippen molar-refractivity contribution in [2.24, 2.45) is 0 Å². The van der Waals surface area contributed by atoms with Crippen LogP contribution in [0.1, 0.15) is 4.88 Å². The fourth-order valence-electron chi connectivity index (χ4n) is 2.15. The number of ether oxygens (including phenoxy) is 2. The van der Waals surface area contributed by atoms with Gasteiger partial charge in [0.25, 0.3) is 0 Å². The van der Waals surface area contributed by atoms with Crippen molar-refractivity contribution in [1.82, 2.24) is 4.98 Å². The summed E-state index contributed by atoms with van der Waals surface area (Å²) in [6.07, 6.45) is 0. The van der Waals surface area contributed by atoms with Gasteiger partial charge in [-0.05, 0) is 30.5 Å². The van der Waals surface area contributed by atoms with Crippen molar-refractivity contribution in [2.75, 3.05) is 14.2 Å². The van der Waals surface area contributed by atoms with Crippen LogP contribution in [0.25, 0.3) is 21.1 Å². The third kappa shape index (κ3) is 2.66. The highest BCUT2D eigenvalue weighted by molar-refractivity contribution is 7.21. The first-order valence-corrected chi connectivity index (χ1v) is 8.16. The van der Waals surface area contributed by atoms with Crippen LogP contribution in [0.3, 0.4) is 0 Å². The zero-order valence-electron chi connectivity index (χ0n) is 12.0. The zero-order chi connectivity index (χ0) is 14.8. The number of methoxy groups -OCH3 is 2. The first kappa shape index (κ1) is 14.1. The molecule has 3 rings (SSSR count). The Morgan fingerprint density at radius 1 is 1.10 bits per heavy atom. The molecule has 0 fully saturated rings. The Morgan fingerprint density at radius 2 is 1.95 bits per heavy atom. The molecule has 5 heteroatoms. The quantitative estimate of drug-likeness (QED) is 0.688. The van der Waals surface area contributed by atoms with Crippen LogP contribution >= 0.6 is 22.7 Å². The van der Waals surface area contributed by atoms with Crippen LogP contribution < -0.4 is 9.47 Å². The number of hydrogen-bond donors (Lipinski definition) is 0. The Labute approximate surface area is 131 Å². The maximum atomic E-state index is 5.48. The summed E-state index contributed by atoms with van der Waals surface area (Å²) in [5.41, 5.74) is 1.97. The van der Waals surface area contributed by atoms with Crippen molar-refractivity contribution in [1.29, 1.82) is 0 Å². The van der Waals surface area contributed by atoms with Gasteiger partial charge in [0, 0.05) is 16.5 Å². The van der Waals surface area contributed by atoms with E-state index in [4.69, 9.17) is 14.5 Å². The summed E-state index contributed by atoms with van der Waals surface area (Å²) >= 11 is 3.41. The maximum Gasteiger partial charge on any atom is 0.134 e. The van der Waals surface area contributed by atoms with Gasteiger partial charge in [0.2, 0.25) is 0 Å². The van der Waals surface area contributed by atoms with E-state index >= 15 is 0 Å². The molecule has 1 aromatic carbocycles. The molecule has 21 heavy (non-hydrogen) atoms. The molecular weight excluding hydrogens is 302 g/mol. The molecule has 0 saturated heterocycles. The van der Waals surface area contributed by atoms with Gasteiger partial charge in [-0.1, -0.05) is 6.07 Å². The average Bonchev–Trinajstić information content (AvgIpc) is 3.15. The van der Waals surface area contributed by atoms with Crippen LogP contribution in [0.2, 0.25) is 0 Å². The van der Waals surface area contributed by atoms with Gasteiger partial charge in [0.1, 0.15) is 16.5 Å². The Kier molecular flexibility index (Phi) is 3.94. The normalized spacial score (nSPS) is 10.6. The summed E-state index contributed by atoms with van der Waals surface area (Å²) in [6, 6.07) is 9.96. The predicted octanol–water partition coefficient (Wildman–Crippen LogP) is 4.86. The number of benzene rings is 1. The number of rotatable bonds is 4. The minimum atomic E-state index is 0.778. The highest BCUT2D eigenvalue weighted by Gasteiger charge is 2.16. The Morgan fingerprint density at radius 3 is 2.62 bits per heavy atom. The van der Waals surface area contributed by atoms with E-state index in [0.717, 1.165) is 27.8 Å². The minimum absolute atomic E-state index is 0.778. The van der Waals surface area contributed by atoms with Gasteiger partial charge in [0.15, 0.2) is 0 Å². The van der Waals surface area contributed by atoms with E-state index in [2.05, 4.69) is 18.4 Å². The molecule has 0 unspecified atom stereocenters. The molecule has 0 radical (unpaired) electrons. The van der Waals surface area contributed by atoms with E-state index in [-0.39, 0.29) is 0 Å². The third-order valence-corrected chi connectivity index (χ3v) is 5.20. The minimum Gasteiger partial charge on any atom is -0.497 e. The molecule has 0 saturated carbocycles. The van der Waals surface area contributed by atoms with Gasteiger partial charge in [-0.2, -0.15) is 0 Å². The largest absolute Gasteiger partial charge is 0.497 e. The fourth-order valence-corrected chi connectivity index (χ4v) is 3.87. The van der Waals surface area contributed by atoms with Crippen LogP contribution in [-0.4, -0.2) is 19.2 Å². The number of aromatic nitrogens is 1. The van der Waals surface area contributed by atoms with Crippen LogP contribution in [0, 0.1) is 6.92 Å². The number of thiazole rings is 1. The van der Waals surface area contributed by atoms with E-state index in [1.807, 2.05) is 24.3 Å². The lowest BCUT2D eigenvalue weighted by Gasteiger charge is -2.09. The summed E-state index contributed by atoms with van der Waals surface area (Å²) in [7, 11) is 3.32. The molecule has 2 heterocycles. The number of aryl methyl sites for hydroxylation is 1. The van der Waals surface area contributed by atoms with Crippen LogP contribution in [0.15, 0.2) is 35.7 Å². The smallest absolute Gasteiger partial charge is 0.134 e. The standard InChI is InChI=1S/C16H15NO2S2/c1-10-15(17-16(21-10)14-5-4-8-20-14)12-7-6-11(18-2)9-13(12)19-3/h4-9H,1-3H3. The second-order valence-corrected chi connectivity index (χ2v) is 6.62. The SMILES string of the molecule is COc1ccc(-c2nc(-c3cccs3)sc2C)c(OC)c1. The summed E-state index contributed by atoms with van der Waals surface area (Å²) < 4.78 is 10.7. The van der Waals surface area contributed by atoms with Crippen molar-refractivity contribution >= 4 is 22.7 Å². The number of thiophene rings is 1. The van der Waals surface area contributed by atoms with Gasteiger partial charge < -0.3 is 9.47 Å². The molecule has 2 aromatic heterocycles. The summed E-state index contributed by atoms with van der Waals surface area (Å²) in [5, 5.41) is 3.12. The van der Waals surface area contributed by atoms with E-state index < -0.39 is 0 Å². The molecule has 0 aliphatic carbocycles. The van der Waals surface area contributed by atoms with Gasteiger partial charge in [-0.3, -0.25) is 0 Å². The molecule has 3 aromatic rings. The van der Waals surface area contributed by atoms with Crippen molar-refractivity contribution in [3.05, 3.63) is 40.6 Å². The molecule has 0 aliphatic heterocycles. The van der Waals surface area contributed by atoms with E-state index in [1.165, 1.54) is 9.75 Å². The highest BCUT2D eigenvalue weighted by atomic mass is 32.1. The summed E-state index contributed by atoms with van der Waals surface area (Å²) in [6.45, 7) is 2.09. The van der Waals surface area contributed by atoms with Crippen LogP contribution in [-0.2, 0) is 0 Å². The first-order valence-electron chi connectivity index (χ1n) is 6.46. The first-order chi connectivity index (χ1) is 10.2. The van der Waals surface area contributed by atoms with Gasteiger partial charge in [-0.25, -0.2) is 4.98 Å². The van der Waals surface area contributed by atoms with E-state index in [1.54, 1.807) is 36.9 Å². The molecule has 0 spiro atoms. The molecule has 3 nitrogen and oxygen atoms in total. The summed E-state index contributed by atoms with van der Waals surface area (Å²) in [5.74, 6) is 1.56. The molecular formula is C16H15NO2S2. The second kappa shape index (κ2) is 5.87. The van der Waals surface area contributed by atoms with Crippen molar-refractivity contribution in [3.8, 4) is 32.6 Å². The lowest BCUT2D eigenvalue weighted by Crippen LogP contribution is -1.91. The Bertz CT molecular complexity index is 748. The Balaban J connectivity index is 2.08. The van der Waals surface area contributed by atoms with Crippen LogP contribution in [0.5, 0.6) is 11.5 Å². The van der Waals surface area contributed by atoms with Gasteiger partial charge >= 0.3 is 0 Å². The molecule has 0 atom stereocenters. The van der Waals surface area contributed by atoms with Gasteiger partial charge in [0.05, 0.1) is 24.8 Å². The number of nitrogens with zero attached hydrogens (tertiary/aromatic N) is 1. The third-order valence-electron chi connectivity index (χ3n) is 3.19. The van der Waals surface area contributed by atoms with Crippen molar-refractivity contribution in [3.63, 3.8) is 0 Å². The average molecular weight is 317 g/mol. The van der Waals surface area contributed by atoms with Gasteiger partial charge in [-0.15, -0.1) is 22.7 Å². The molecule has 0 bridgehead atoms. The monoisotopic (exact) mass is 317 g/mol. The zero-order valence-corrected chi connectivity index (χ0v) is 13.7. The number of hydrogen-bond acceptors (Lipinski definition) is 5. The van der Waals surface area contributed by atoms with E-state index in [0.29, 0.717) is 0 Å². The maximum absolute atomic E-state index is 5.48.